The highest BCUT2D eigenvalue weighted by Gasteiger charge is 2.00. The normalized spacial score (nSPS) is 10.8. The van der Waals surface area contributed by atoms with Crippen LogP contribution in [0.25, 0.3) is 6.08 Å². The minimum absolute atomic E-state index is 0.0504. The molecule has 4 nitrogen and oxygen atoms in total. The van der Waals surface area contributed by atoms with E-state index < -0.39 is 0 Å². The molecule has 0 atom stereocenters. The summed E-state index contributed by atoms with van der Waals surface area (Å²) in [5.41, 5.74) is 1.40. The third kappa shape index (κ3) is 3.82. The molecule has 0 saturated carbocycles. The van der Waals surface area contributed by atoms with E-state index in [4.69, 9.17) is 9.52 Å². The molecule has 0 spiro atoms. The highest BCUT2D eigenvalue weighted by Crippen LogP contribution is 2.11. The van der Waals surface area contributed by atoms with Crippen molar-refractivity contribution in [1.82, 2.24) is 0 Å². The predicted octanol–water partition coefficient (Wildman–Crippen LogP) is 2.73. The summed E-state index contributed by atoms with van der Waals surface area (Å²) in [5.74, 6) is 1.19. The molecular formula is C15H15NO3. The average Bonchev–Trinajstić information content (AvgIpc) is 2.82. The molecule has 2 rings (SSSR count). The van der Waals surface area contributed by atoms with Gasteiger partial charge in [0, 0.05) is 11.8 Å². The Bertz CT molecular complexity index is 599. The fraction of sp³-hybridized carbons (Fsp3) is 0.133. The zero-order valence-corrected chi connectivity index (χ0v) is 10.6. The van der Waals surface area contributed by atoms with Crippen molar-refractivity contribution in [2.24, 2.45) is 0 Å². The Morgan fingerprint density at radius 1 is 1.37 bits per heavy atom. The predicted molar refractivity (Wildman–Crippen MR) is 73.5 cm³/mol. The van der Waals surface area contributed by atoms with E-state index in [0.717, 1.165) is 11.3 Å². The molecule has 0 unspecified atom stereocenters. The molecule has 1 amide bonds. The smallest absolute Gasteiger partial charge is 0.248 e. The molecule has 0 bridgehead atoms. The van der Waals surface area contributed by atoms with Crippen LogP contribution >= 0.6 is 0 Å². The minimum atomic E-state index is -0.246. The number of nitrogens with one attached hydrogen (secondary N) is 1. The summed E-state index contributed by atoms with van der Waals surface area (Å²) < 4.78 is 5.32. The van der Waals surface area contributed by atoms with Crippen LogP contribution in [0.4, 0.5) is 5.69 Å². The fourth-order valence-corrected chi connectivity index (χ4v) is 1.63. The van der Waals surface area contributed by atoms with E-state index >= 15 is 0 Å². The lowest BCUT2D eigenvalue weighted by Gasteiger charge is -2.03. The molecule has 4 heteroatoms. The van der Waals surface area contributed by atoms with E-state index in [0.29, 0.717) is 11.4 Å². The van der Waals surface area contributed by atoms with Gasteiger partial charge < -0.3 is 14.8 Å². The highest BCUT2D eigenvalue weighted by atomic mass is 16.3. The van der Waals surface area contributed by atoms with E-state index in [9.17, 15) is 4.79 Å². The molecule has 0 saturated heterocycles. The van der Waals surface area contributed by atoms with Gasteiger partial charge in [-0.2, -0.15) is 0 Å². The molecule has 2 aromatic rings. The van der Waals surface area contributed by atoms with Crippen molar-refractivity contribution < 1.29 is 14.3 Å². The summed E-state index contributed by atoms with van der Waals surface area (Å²) in [4.78, 5) is 11.7. The van der Waals surface area contributed by atoms with Crippen LogP contribution in [0.5, 0.6) is 0 Å². The number of carbonyl (C=O) groups is 1. The molecule has 1 aromatic carbocycles. The Morgan fingerprint density at radius 2 is 2.21 bits per heavy atom. The van der Waals surface area contributed by atoms with Gasteiger partial charge in [-0.25, -0.2) is 0 Å². The van der Waals surface area contributed by atoms with Gasteiger partial charge in [-0.1, -0.05) is 12.1 Å². The van der Waals surface area contributed by atoms with Gasteiger partial charge in [-0.15, -0.1) is 0 Å². The first-order valence-corrected chi connectivity index (χ1v) is 5.92. The fourth-order valence-electron chi connectivity index (χ4n) is 1.63. The first kappa shape index (κ1) is 13.1. The third-order valence-corrected chi connectivity index (χ3v) is 2.54. The number of anilines is 1. The Kier molecular flexibility index (Phi) is 4.15. The second-order valence-electron chi connectivity index (χ2n) is 4.13. The second-order valence-corrected chi connectivity index (χ2v) is 4.13. The number of carbonyl (C=O) groups excluding carboxylic acids is 1. The monoisotopic (exact) mass is 257 g/mol. The van der Waals surface area contributed by atoms with Crippen LogP contribution in [0, 0.1) is 6.92 Å². The highest BCUT2D eigenvalue weighted by molar-refractivity contribution is 6.01. The number of aliphatic hydroxyl groups is 1. The third-order valence-electron chi connectivity index (χ3n) is 2.54. The maximum absolute atomic E-state index is 11.7. The molecule has 0 fully saturated rings. The largest absolute Gasteiger partial charge is 0.462 e. The Morgan fingerprint density at radius 3 is 2.89 bits per heavy atom. The van der Waals surface area contributed by atoms with Crippen LogP contribution in [0.2, 0.25) is 0 Å². The molecule has 1 heterocycles. The number of furan rings is 1. The quantitative estimate of drug-likeness (QED) is 0.828. The summed E-state index contributed by atoms with van der Waals surface area (Å²) in [7, 11) is 0. The number of amides is 1. The molecule has 0 aliphatic rings. The van der Waals surface area contributed by atoms with Gasteiger partial charge in [0.1, 0.15) is 11.5 Å². The van der Waals surface area contributed by atoms with E-state index in [-0.39, 0.29) is 12.5 Å². The summed E-state index contributed by atoms with van der Waals surface area (Å²) in [5, 5.41) is 11.7. The number of aryl methyl sites for hydroxylation is 1. The second kappa shape index (κ2) is 6.02. The van der Waals surface area contributed by atoms with Crippen LogP contribution in [-0.2, 0) is 11.4 Å². The van der Waals surface area contributed by atoms with Crippen LogP contribution in [0.15, 0.2) is 46.9 Å². The van der Waals surface area contributed by atoms with E-state index in [2.05, 4.69) is 5.32 Å². The molecule has 1 aromatic heterocycles. The van der Waals surface area contributed by atoms with Gasteiger partial charge in [-0.05, 0) is 42.8 Å². The Labute approximate surface area is 111 Å². The van der Waals surface area contributed by atoms with Crippen molar-refractivity contribution in [3.8, 4) is 0 Å². The summed E-state index contributed by atoms with van der Waals surface area (Å²) in [6, 6.07) is 10.7. The zero-order valence-electron chi connectivity index (χ0n) is 10.6. The first-order valence-electron chi connectivity index (χ1n) is 5.92. The van der Waals surface area contributed by atoms with Gasteiger partial charge in [0.2, 0.25) is 5.91 Å². The van der Waals surface area contributed by atoms with E-state index in [1.165, 1.54) is 6.08 Å². The molecule has 0 aliphatic carbocycles. The van der Waals surface area contributed by atoms with Crippen molar-refractivity contribution in [2.45, 2.75) is 13.5 Å². The molecule has 2 N–H and O–H groups in total. The topological polar surface area (TPSA) is 62.5 Å². The van der Waals surface area contributed by atoms with Crippen molar-refractivity contribution in [2.75, 3.05) is 5.32 Å². The van der Waals surface area contributed by atoms with E-state index in [1.807, 2.05) is 13.0 Å². The van der Waals surface area contributed by atoms with Gasteiger partial charge in [0.05, 0.1) is 6.61 Å². The number of rotatable bonds is 4. The van der Waals surface area contributed by atoms with Gasteiger partial charge in [0.15, 0.2) is 0 Å². The number of hydrogen-bond acceptors (Lipinski definition) is 3. The maximum Gasteiger partial charge on any atom is 0.248 e. The standard InChI is InChI=1S/C15H15NO3/c1-11-5-6-14(19-11)7-8-15(18)16-13-4-2-3-12(9-13)10-17/h2-9,17H,10H2,1H3,(H,16,18)/b8-7+. The summed E-state index contributed by atoms with van der Waals surface area (Å²) in [6.45, 7) is 1.79. The van der Waals surface area contributed by atoms with Crippen molar-refractivity contribution in [3.63, 3.8) is 0 Å². The molecule has 98 valence electrons. The molecular weight excluding hydrogens is 242 g/mol. The lowest BCUT2D eigenvalue weighted by Crippen LogP contribution is -2.07. The summed E-state index contributed by atoms with van der Waals surface area (Å²) >= 11 is 0. The summed E-state index contributed by atoms with van der Waals surface area (Å²) in [6.07, 6.45) is 3.02. The van der Waals surface area contributed by atoms with Crippen molar-refractivity contribution in [1.29, 1.82) is 0 Å². The SMILES string of the molecule is Cc1ccc(/C=C/C(=O)Nc2cccc(CO)c2)o1. The van der Waals surface area contributed by atoms with Gasteiger partial charge in [-0.3, -0.25) is 4.79 Å². The van der Waals surface area contributed by atoms with Crippen LogP contribution < -0.4 is 5.32 Å². The van der Waals surface area contributed by atoms with E-state index in [1.54, 1.807) is 36.4 Å². The maximum atomic E-state index is 11.7. The van der Waals surface area contributed by atoms with Crippen molar-refractivity contribution in [3.05, 3.63) is 59.6 Å². The first-order chi connectivity index (χ1) is 9.17. The molecule has 0 radical (unpaired) electrons. The van der Waals surface area contributed by atoms with Crippen LogP contribution in [0.3, 0.4) is 0 Å². The van der Waals surface area contributed by atoms with Gasteiger partial charge >= 0.3 is 0 Å². The van der Waals surface area contributed by atoms with Crippen LogP contribution in [0.1, 0.15) is 17.1 Å². The van der Waals surface area contributed by atoms with Crippen molar-refractivity contribution >= 4 is 17.7 Å². The number of benzene rings is 1. The Balaban J connectivity index is 1.99. The zero-order chi connectivity index (χ0) is 13.7. The Hall–Kier alpha value is -2.33. The van der Waals surface area contributed by atoms with Crippen LogP contribution in [-0.4, -0.2) is 11.0 Å². The molecule has 0 aliphatic heterocycles. The lowest BCUT2D eigenvalue weighted by molar-refractivity contribution is -0.111. The lowest BCUT2D eigenvalue weighted by atomic mass is 10.2. The van der Waals surface area contributed by atoms with Gasteiger partial charge in [0.25, 0.3) is 0 Å². The number of aliphatic hydroxyl groups excluding tert-OH is 1. The minimum Gasteiger partial charge on any atom is -0.462 e. The molecule has 19 heavy (non-hydrogen) atoms. The average molecular weight is 257 g/mol. The number of hydrogen-bond donors (Lipinski definition) is 2.